The SMILES string of the molecule is CC(C)(C)[Si](Br)(N1N=NN([Si](C(C)(C)C)(C(C)(C)C)C(C)(C)C)[Si]1(C(C)(C)C)C(C)(C)C)C(C)(C)C. The van der Waals surface area contributed by atoms with Crippen molar-refractivity contribution in [1.82, 2.24) is 8.68 Å². The van der Waals surface area contributed by atoms with Crippen LogP contribution in [0.15, 0.2) is 10.4 Å². The molecule has 36 heavy (non-hydrogen) atoms. The molecule has 0 aliphatic carbocycles. The molecule has 0 aromatic carbocycles. The second-order valence-corrected chi connectivity index (χ2v) is 39.1. The Kier molecular flexibility index (Phi) is 8.51. The van der Waals surface area contributed by atoms with Crippen molar-refractivity contribution >= 4 is 38.8 Å². The van der Waals surface area contributed by atoms with E-state index in [9.17, 15) is 0 Å². The van der Waals surface area contributed by atoms with Crippen molar-refractivity contribution in [3.8, 4) is 0 Å². The largest absolute Gasteiger partial charge is 0.308 e. The van der Waals surface area contributed by atoms with E-state index in [-0.39, 0.29) is 35.3 Å². The summed E-state index contributed by atoms with van der Waals surface area (Å²) in [7, 11) is -5.17. The minimum Gasteiger partial charge on any atom is -0.308 e. The monoisotopic (exact) mass is 618 g/mol. The fraction of sp³-hybridized carbons (Fsp3) is 1.00. The van der Waals surface area contributed by atoms with Crippen LogP contribution in [0.2, 0.25) is 35.3 Å². The lowest BCUT2D eigenvalue weighted by Crippen LogP contribution is -2.84. The summed E-state index contributed by atoms with van der Waals surface area (Å²) in [4.78, 5) is 0. The third-order valence-corrected chi connectivity index (χ3v) is 39.3. The van der Waals surface area contributed by atoms with Gasteiger partial charge in [-0.1, -0.05) is 171 Å². The van der Waals surface area contributed by atoms with Crippen LogP contribution < -0.4 is 0 Å². The summed E-state index contributed by atoms with van der Waals surface area (Å²) in [6.45, 7) is 49.4. The van der Waals surface area contributed by atoms with E-state index in [0.717, 1.165) is 0 Å². The molecular formula is C28H63BrN4Si3. The third-order valence-electron chi connectivity index (χ3n) is 8.78. The molecule has 0 saturated heterocycles. The Morgan fingerprint density at radius 2 is 0.694 bits per heavy atom. The summed E-state index contributed by atoms with van der Waals surface area (Å²) in [5.41, 5.74) is 0. The molecule has 0 N–H and O–H groups in total. The van der Waals surface area contributed by atoms with Gasteiger partial charge < -0.3 is 4.34 Å². The lowest BCUT2D eigenvalue weighted by molar-refractivity contribution is 0.390. The van der Waals surface area contributed by atoms with E-state index in [1.807, 2.05) is 0 Å². The standard InChI is InChI=1S/C28H63BrN4Si3/c1-22(2,3)34(23(4,5)6,24(7,8)9)32-30-31-33(35(29,25(10,11)12)26(13,14)15)36(32,27(16,17)18)28(19,20)21/h1-21H3. The van der Waals surface area contributed by atoms with Crippen LogP contribution in [0.1, 0.15) is 145 Å². The molecule has 1 aliphatic heterocycles. The second-order valence-electron chi connectivity index (χ2n) is 18.6. The Balaban J connectivity index is 4.59. The predicted molar refractivity (Wildman–Crippen MR) is 173 cm³/mol. The Morgan fingerprint density at radius 3 is 0.889 bits per heavy atom. The number of nitrogens with zero attached hydrogens (tertiary/aromatic N) is 4. The summed E-state index contributed by atoms with van der Waals surface area (Å²) < 4.78 is 5.53. The first-order valence-electron chi connectivity index (χ1n) is 13.9. The fourth-order valence-electron chi connectivity index (χ4n) is 9.38. The number of hydrogen-bond donors (Lipinski definition) is 0. The average molecular weight is 620 g/mol. The maximum absolute atomic E-state index is 5.48. The van der Waals surface area contributed by atoms with E-state index >= 15 is 0 Å². The molecule has 0 spiro atoms. The molecule has 0 radical (unpaired) electrons. The Hall–Kier alpha value is 0.331. The molecule has 0 bridgehead atoms. The molecule has 8 heteroatoms. The van der Waals surface area contributed by atoms with Crippen molar-refractivity contribution in [2.24, 2.45) is 10.4 Å². The minimum atomic E-state index is -2.70. The first-order chi connectivity index (χ1) is 15.2. The topological polar surface area (TPSA) is 31.2 Å². The van der Waals surface area contributed by atoms with Gasteiger partial charge in [-0.25, -0.2) is 0 Å². The highest BCUT2D eigenvalue weighted by Gasteiger charge is 2.79. The summed E-state index contributed by atoms with van der Waals surface area (Å²) in [5, 5.41) is 11.2. The van der Waals surface area contributed by atoms with Gasteiger partial charge in [0.1, 0.15) is 0 Å². The van der Waals surface area contributed by atoms with Crippen LogP contribution in [0.3, 0.4) is 0 Å². The molecule has 0 fully saturated rings. The number of hydrogen-bond acceptors (Lipinski definition) is 4. The van der Waals surface area contributed by atoms with Gasteiger partial charge in [0.05, 0.1) is 0 Å². The minimum absolute atomic E-state index is 0.00271. The summed E-state index contributed by atoms with van der Waals surface area (Å²) in [6, 6.07) is 0. The van der Waals surface area contributed by atoms with Gasteiger partial charge in [-0.05, 0) is 35.3 Å². The van der Waals surface area contributed by atoms with E-state index < -0.39 is 23.5 Å². The molecule has 0 saturated carbocycles. The molecular weight excluding hydrogens is 556 g/mol. The van der Waals surface area contributed by atoms with Crippen LogP contribution in [-0.4, -0.2) is 32.2 Å². The van der Waals surface area contributed by atoms with Crippen molar-refractivity contribution in [3.63, 3.8) is 0 Å². The smallest absolute Gasteiger partial charge is 0.295 e. The lowest BCUT2D eigenvalue weighted by Gasteiger charge is -2.70. The summed E-state index contributed by atoms with van der Waals surface area (Å²) in [5.74, 6) is 0. The zero-order valence-corrected chi connectivity index (χ0v) is 32.8. The molecule has 0 aromatic heterocycles. The summed E-state index contributed by atoms with van der Waals surface area (Å²) >= 11 is 4.59. The Labute approximate surface area is 237 Å². The van der Waals surface area contributed by atoms with Crippen LogP contribution in [0.25, 0.3) is 0 Å². The first-order valence-corrected chi connectivity index (χ1v) is 22.0. The highest BCUT2D eigenvalue weighted by Crippen LogP contribution is 2.72. The highest BCUT2D eigenvalue weighted by molar-refractivity contribution is 9.26. The lowest BCUT2D eigenvalue weighted by atomic mass is 10.2. The maximum atomic E-state index is 5.48. The van der Waals surface area contributed by atoms with Crippen LogP contribution >= 0.6 is 15.3 Å². The van der Waals surface area contributed by atoms with Gasteiger partial charge in [0.25, 0.3) is 15.3 Å². The molecule has 1 rings (SSSR count). The number of rotatable bonds is 2. The molecule has 0 unspecified atom stereocenters. The molecule has 0 amide bonds. The summed E-state index contributed by atoms with van der Waals surface area (Å²) in [6.07, 6.45) is 0. The van der Waals surface area contributed by atoms with Crippen LogP contribution in [-0.2, 0) is 0 Å². The van der Waals surface area contributed by atoms with E-state index in [2.05, 4.69) is 169 Å². The second kappa shape index (κ2) is 8.92. The normalized spacial score (nSPS) is 19.4. The van der Waals surface area contributed by atoms with Crippen molar-refractivity contribution in [2.45, 2.75) is 181 Å². The molecule has 1 heterocycles. The zero-order valence-electron chi connectivity index (χ0n) is 28.2. The Bertz CT molecular complexity index is 771. The molecule has 214 valence electrons. The Morgan fingerprint density at radius 1 is 0.444 bits per heavy atom. The quantitative estimate of drug-likeness (QED) is 0.227. The van der Waals surface area contributed by atoms with Gasteiger partial charge in [-0.15, -0.1) is 0 Å². The molecule has 0 atom stereocenters. The van der Waals surface area contributed by atoms with Gasteiger partial charge in [0.15, 0.2) is 8.24 Å². The van der Waals surface area contributed by atoms with Gasteiger partial charge >= 0.3 is 0 Å². The average Bonchev–Trinajstić information content (AvgIpc) is 2.88. The van der Waals surface area contributed by atoms with Crippen molar-refractivity contribution in [1.29, 1.82) is 0 Å². The first kappa shape index (κ1) is 34.4. The fourth-order valence-corrected chi connectivity index (χ4v) is 43.4. The van der Waals surface area contributed by atoms with E-state index in [0.29, 0.717) is 0 Å². The third kappa shape index (κ3) is 4.47. The predicted octanol–water partition coefficient (Wildman–Crippen LogP) is 11.7. The van der Waals surface area contributed by atoms with Crippen molar-refractivity contribution in [2.75, 3.05) is 0 Å². The van der Waals surface area contributed by atoms with E-state index in [1.54, 1.807) is 0 Å². The van der Waals surface area contributed by atoms with Gasteiger partial charge in [-0.2, -0.15) is 0 Å². The van der Waals surface area contributed by atoms with Gasteiger partial charge in [-0.3, -0.25) is 4.34 Å². The molecule has 0 aromatic rings. The van der Waals surface area contributed by atoms with E-state index in [4.69, 9.17) is 10.4 Å². The van der Waals surface area contributed by atoms with Crippen LogP contribution in [0.5, 0.6) is 0 Å². The van der Waals surface area contributed by atoms with Crippen molar-refractivity contribution in [3.05, 3.63) is 0 Å². The van der Waals surface area contributed by atoms with E-state index in [1.165, 1.54) is 0 Å². The highest BCUT2D eigenvalue weighted by atomic mass is 79.9. The van der Waals surface area contributed by atoms with Crippen molar-refractivity contribution < 1.29 is 0 Å². The van der Waals surface area contributed by atoms with Crippen LogP contribution in [0, 0.1) is 0 Å². The number of halogens is 1. The van der Waals surface area contributed by atoms with Gasteiger partial charge in [0.2, 0.25) is 0 Å². The van der Waals surface area contributed by atoms with Gasteiger partial charge in [0, 0.05) is 0 Å². The zero-order chi connectivity index (χ0) is 29.6. The van der Waals surface area contributed by atoms with Crippen LogP contribution in [0.4, 0.5) is 0 Å². The molecule has 4 nitrogen and oxygen atoms in total. The maximum Gasteiger partial charge on any atom is 0.295 e. The molecule has 1 aliphatic rings.